The molecular formula is C23H17N3O4. The minimum absolute atomic E-state index is 0.128. The summed E-state index contributed by atoms with van der Waals surface area (Å²) in [5.74, 6) is -0.0583. The van der Waals surface area contributed by atoms with Crippen LogP contribution in [0.4, 0.5) is 11.4 Å². The number of aromatic nitrogens is 1. The summed E-state index contributed by atoms with van der Waals surface area (Å²) in [4.78, 5) is 40.6. The molecule has 4 aromatic rings. The molecule has 0 saturated heterocycles. The monoisotopic (exact) mass is 399 g/mol. The quantitative estimate of drug-likeness (QED) is 0.448. The number of hydrogen-bond acceptors (Lipinski definition) is 4. The number of rotatable bonds is 2. The van der Waals surface area contributed by atoms with Gasteiger partial charge in [0.05, 0.1) is 5.69 Å². The summed E-state index contributed by atoms with van der Waals surface area (Å²) >= 11 is 0. The van der Waals surface area contributed by atoms with Gasteiger partial charge in [0.25, 0.3) is 11.8 Å². The van der Waals surface area contributed by atoms with Crippen molar-refractivity contribution in [3.8, 4) is 5.75 Å². The molecule has 1 atom stereocenters. The van der Waals surface area contributed by atoms with Crippen LogP contribution in [0.3, 0.4) is 0 Å². The number of ether oxygens (including phenoxy) is 1. The summed E-state index contributed by atoms with van der Waals surface area (Å²) < 4.78 is 5.52. The van der Waals surface area contributed by atoms with Crippen molar-refractivity contribution in [1.29, 1.82) is 0 Å². The predicted octanol–water partition coefficient (Wildman–Crippen LogP) is 3.65. The zero-order chi connectivity index (χ0) is 20.8. The first-order chi connectivity index (χ1) is 14.5. The van der Waals surface area contributed by atoms with Crippen LogP contribution in [0.2, 0.25) is 0 Å². The second kappa shape index (κ2) is 6.73. The van der Waals surface area contributed by atoms with E-state index in [2.05, 4.69) is 15.6 Å². The van der Waals surface area contributed by atoms with E-state index in [9.17, 15) is 14.4 Å². The van der Waals surface area contributed by atoms with Crippen LogP contribution >= 0.6 is 0 Å². The molecule has 2 amide bonds. The summed E-state index contributed by atoms with van der Waals surface area (Å²) in [7, 11) is 0. The topological polar surface area (TPSA) is 100 Å². The third-order valence-electron chi connectivity index (χ3n) is 5.14. The Labute approximate surface area is 170 Å². The molecule has 1 aliphatic heterocycles. The number of carbonyl (C=O) groups excluding carboxylic acids is 2. The second-order valence-corrected chi connectivity index (χ2v) is 7.17. The Balaban J connectivity index is 1.47. The van der Waals surface area contributed by atoms with E-state index in [-0.39, 0.29) is 17.2 Å². The molecule has 0 saturated carbocycles. The lowest BCUT2D eigenvalue weighted by Gasteiger charge is -2.23. The Hall–Kier alpha value is -4.13. The Morgan fingerprint density at radius 3 is 2.63 bits per heavy atom. The lowest BCUT2D eigenvalue weighted by molar-refractivity contribution is -0.122. The van der Waals surface area contributed by atoms with Gasteiger partial charge in [-0.15, -0.1) is 0 Å². The molecule has 7 heteroatoms. The van der Waals surface area contributed by atoms with Gasteiger partial charge in [-0.2, -0.15) is 0 Å². The maximum atomic E-state index is 12.8. The van der Waals surface area contributed by atoms with Gasteiger partial charge in [0.15, 0.2) is 11.5 Å². The molecule has 30 heavy (non-hydrogen) atoms. The SMILES string of the molecule is CC1Oc2ccc(NC(=O)c3ccc4[nH]c5ccccc5c(=O)c4c3)cc2NC1=O. The highest BCUT2D eigenvalue weighted by atomic mass is 16.5. The van der Waals surface area contributed by atoms with E-state index >= 15 is 0 Å². The Morgan fingerprint density at radius 1 is 0.967 bits per heavy atom. The number of fused-ring (bicyclic) bond motifs is 3. The van der Waals surface area contributed by atoms with Crippen molar-refractivity contribution in [2.45, 2.75) is 13.0 Å². The number of carbonyl (C=O) groups is 2. The lowest BCUT2D eigenvalue weighted by Crippen LogP contribution is -2.34. The number of nitrogens with one attached hydrogen (secondary N) is 3. The van der Waals surface area contributed by atoms with E-state index in [1.54, 1.807) is 55.5 Å². The van der Waals surface area contributed by atoms with Gasteiger partial charge in [0.1, 0.15) is 5.75 Å². The molecule has 1 unspecified atom stereocenters. The van der Waals surface area contributed by atoms with E-state index in [1.165, 1.54) is 0 Å². The number of hydrogen-bond donors (Lipinski definition) is 3. The minimum Gasteiger partial charge on any atom is -0.479 e. The van der Waals surface area contributed by atoms with Crippen LogP contribution in [0.25, 0.3) is 21.8 Å². The number of anilines is 2. The van der Waals surface area contributed by atoms with Crippen LogP contribution in [0, 0.1) is 0 Å². The van der Waals surface area contributed by atoms with Gasteiger partial charge in [-0.3, -0.25) is 14.4 Å². The molecule has 5 rings (SSSR count). The highest BCUT2D eigenvalue weighted by Gasteiger charge is 2.23. The fraction of sp³-hybridized carbons (Fsp3) is 0.0870. The molecule has 1 aliphatic rings. The minimum atomic E-state index is -0.565. The molecule has 7 nitrogen and oxygen atoms in total. The first kappa shape index (κ1) is 17.9. The predicted molar refractivity (Wildman–Crippen MR) is 115 cm³/mol. The fourth-order valence-electron chi connectivity index (χ4n) is 3.55. The molecule has 148 valence electrons. The van der Waals surface area contributed by atoms with Crippen molar-refractivity contribution in [2.75, 3.05) is 10.6 Å². The molecule has 0 spiro atoms. The van der Waals surface area contributed by atoms with E-state index in [0.717, 1.165) is 5.52 Å². The van der Waals surface area contributed by atoms with Crippen molar-refractivity contribution in [3.63, 3.8) is 0 Å². The molecular weight excluding hydrogens is 382 g/mol. The molecule has 2 heterocycles. The highest BCUT2D eigenvalue weighted by molar-refractivity contribution is 6.07. The van der Waals surface area contributed by atoms with Gasteiger partial charge in [0.2, 0.25) is 0 Å². The maximum Gasteiger partial charge on any atom is 0.265 e. The zero-order valence-corrected chi connectivity index (χ0v) is 16.0. The van der Waals surface area contributed by atoms with Gasteiger partial charge >= 0.3 is 0 Å². The Bertz CT molecular complexity index is 1410. The van der Waals surface area contributed by atoms with Crippen LogP contribution in [0.15, 0.2) is 65.5 Å². The number of benzene rings is 3. The largest absolute Gasteiger partial charge is 0.479 e. The summed E-state index contributed by atoms with van der Waals surface area (Å²) in [6.07, 6.45) is -0.565. The van der Waals surface area contributed by atoms with Crippen LogP contribution in [-0.2, 0) is 4.79 Å². The van der Waals surface area contributed by atoms with Gasteiger partial charge in [0, 0.05) is 33.1 Å². The summed E-state index contributed by atoms with van der Waals surface area (Å²) in [6.45, 7) is 1.67. The summed E-state index contributed by atoms with van der Waals surface area (Å²) in [6, 6.07) is 17.3. The van der Waals surface area contributed by atoms with Gasteiger partial charge < -0.3 is 20.4 Å². The van der Waals surface area contributed by atoms with Crippen molar-refractivity contribution >= 4 is 45.0 Å². The van der Waals surface area contributed by atoms with Gasteiger partial charge in [-0.25, -0.2) is 0 Å². The maximum absolute atomic E-state index is 12.8. The van der Waals surface area contributed by atoms with Crippen LogP contribution < -0.4 is 20.8 Å². The van der Waals surface area contributed by atoms with Gasteiger partial charge in [-0.1, -0.05) is 12.1 Å². The van der Waals surface area contributed by atoms with E-state index < -0.39 is 6.10 Å². The molecule has 1 aromatic heterocycles. The van der Waals surface area contributed by atoms with Crippen molar-refractivity contribution in [3.05, 3.63) is 76.5 Å². The molecule has 0 fully saturated rings. The zero-order valence-electron chi connectivity index (χ0n) is 16.0. The fourth-order valence-corrected chi connectivity index (χ4v) is 3.55. The van der Waals surface area contributed by atoms with E-state index in [1.807, 2.05) is 12.1 Å². The van der Waals surface area contributed by atoms with E-state index in [4.69, 9.17) is 4.74 Å². The van der Waals surface area contributed by atoms with Crippen LogP contribution in [-0.4, -0.2) is 22.9 Å². The molecule has 0 aliphatic carbocycles. The number of pyridine rings is 1. The van der Waals surface area contributed by atoms with Crippen molar-refractivity contribution in [2.24, 2.45) is 0 Å². The number of amides is 2. The molecule has 0 bridgehead atoms. The number of para-hydroxylation sites is 1. The average Bonchev–Trinajstić information content (AvgIpc) is 2.75. The number of aromatic amines is 1. The second-order valence-electron chi connectivity index (χ2n) is 7.17. The summed E-state index contributed by atoms with van der Waals surface area (Å²) in [5.41, 5.74) is 2.64. The summed E-state index contributed by atoms with van der Waals surface area (Å²) in [5, 5.41) is 6.57. The van der Waals surface area contributed by atoms with Crippen LogP contribution in [0.5, 0.6) is 5.75 Å². The first-order valence-corrected chi connectivity index (χ1v) is 9.47. The molecule has 3 aromatic carbocycles. The number of H-pyrrole nitrogens is 1. The average molecular weight is 399 g/mol. The normalized spacial score (nSPS) is 15.4. The molecule has 3 N–H and O–H groups in total. The third-order valence-corrected chi connectivity index (χ3v) is 5.14. The first-order valence-electron chi connectivity index (χ1n) is 9.47. The van der Waals surface area contributed by atoms with Crippen LogP contribution in [0.1, 0.15) is 17.3 Å². The third kappa shape index (κ3) is 2.97. The van der Waals surface area contributed by atoms with Crippen molar-refractivity contribution in [1.82, 2.24) is 4.98 Å². The van der Waals surface area contributed by atoms with E-state index in [0.29, 0.717) is 39.0 Å². The smallest absolute Gasteiger partial charge is 0.265 e. The standard InChI is InChI=1S/C23H17N3O4/c1-12-22(28)26-19-11-14(7-9-20(19)30-12)24-23(29)13-6-8-18-16(10-13)21(27)15-4-2-3-5-17(15)25-18/h2-12H,1H3,(H,24,29)(H,25,27)(H,26,28). The van der Waals surface area contributed by atoms with Gasteiger partial charge in [-0.05, 0) is 55.5 Å². The lowest BCUT2D eigenvalue weighted by atomic mass is 10.1. The van der Waals surface area contributed by atoms with Crippen molar-refractivity contribution < 1.29 is 14.3 Å². The molecule has 0 radical (unpaired) electrons. The Morgan fingerprint density at radius 2 is 1.77 bits per heavy atom. The Kier molecular flexibility index (Phi) is 4.03. The highest BCUT2D eigenvalue weighted by Crippen LogP contribution is 2.32.